The summed E-state index contributed by atoms with van der Waals surface area (Å²) in [5, 5.41) is 1.58. The summed E-state index contributed by atoms with van der Waals surface area (Å²) < 4.78 is 5.30. The molecule has 5 aromatic rings. The van der Waals surface area contributed by atoms with Gasteiger partial charge in [0.15, 0.2) is 0 Å². The van der Waals surface area contributed by atoms with Crippen LogP contribution >= 0.6 is 0 Å². The van der Waals surface area contributed by atoms with Gasteiger partial charge in [0.1, 0.15) is 5.75 Å². The van der Waals surface area contributed by atoms with Gasteiger partial charge in [-0.2, -0.15) is 0 Å². The third kappa shape index (κ3) is 4.96. The molecule has 0 atom stereocenters. The molecule has 6 rings (SSSR count). The van der Waals surface area contributed by atoms with E-state index in [2.05, 4.69) is 0 Å². The van der Waals surface area contributed by atoms with Crippen LogP contribution in [0, 0.1) is 0 Å². The summed E-state index contributed by atoms with van der Waals surface area (Å²) in [6.07, 6.45) is 0.412. The zero-order valence-electron chi connectivity index (χ0n) is 22.6. The molecule has 0 fully saturated rings. The number of anilines is 1. The van der Waals surface area contributed by atoms with E-state index >= 15 is 0 Å². The highest BCUT2D eigenvalue weighted by Crippen LogP contribution is 2.30. The molecule has 41 heavy (non-hydrogen) atoms. The lowest BCUT2D eigenvalue weighted by atomic mass is 9.94. The lowest BCUT2D eigenvalue weighted by Gasteiger charge is -2.29. The number of nitrogens with zero attached hydrogens (tertiary/aromatic N) is 2. The van der Waals surface area contributed by atoms with Gasteiger partial charge in [0.25, 0.3) is 17.7 Å². The van der Waals surface area contributed by atoms with E-state index in [1.165, 1.54) is 4.90 Å². The average molecular weight is 541 g/mol. The number of hydrogen-bond donors (Lipinski definition) is 0. The van der Waals surface area contributed by atoms with Gasteiger partial charge in [0, 0.05) is 40.9 Å². The van der Waals surface area contributed by atoms with Crippen LogP contribution in [0.1, 0.15) is 37.5 Å². The molecule has 0 spiro atoms. The van der Waals surface area contributed by atoms with E-state index < -0.39 is 0 Å². The molecule has 0 aromatic heterocycles. The van der Waals surface area contributed by atoms with E-state index in [1.807, 2.05) is 103 Å². The quantitative estimate of drug-likeness (QED) is 0.202. The lowest BCUT2D eigenvalue weighted by molar-refractivity contribution is 0.0610. The highest BCUT2D eigenvalue weighted by molar-refractivity contribution is 6.25. The molecule has 3 amide bonds. The third-order valence-corrected chi connectivity index (χ3v) is 7.49. The van der Waals surface area contributed by atoms with Gasteiger partial charge < -0.3 is 9.64 Å². The van der Waals surface area contributed by atoms with Crippen LogP contribution in [0.15, 0.2) is 115 Å². The predicted octanol–water partition coefficient (Wildman–Crippen LogP) is 6.85. The minimum absolute atomic E-state index is 0.166. The molecule has 0 unspecified atom stereocenters. The Hall–Kier alpha value is -5.23. The largest absolute Gasteiger partial charge is 0.497 e. The average Bonchev–Trinajstić information content (AvgIpc) is 3.03. The third-order valence-electron chi connectivity index (χ3n) is 7.49. The van der Waals surface area contributed by atoms with Crippen molar-refractivity contribution in [3.63, 3.8) is 0 Å². The molecule has 0 radical (unpaired) electrons. The molecule has 0 aliphatic carbocycles. The van der Waals surface area contributed by atoms with Crippen molar-refractivity contribution in [3.8, 4) is 16.9 Å². The Morgan fingerprint density at radius 1 is 0.707 bits per heavy atom. The van der Waals surface area contributed by atoms with Crippen LogP contribution in [0.4, 0.5) is 5.69 Å². The first kappa shape index (κ1) is 26.0. The standard InChI is InChI=1S/C35H28N2O4/c1-41-29-20-18-28(19-21-29)36(33(38)27-16-14-25(15-17-27)24-8-3-2-4-9-24)22-7-23-37-34(39)30-12-5-10-26-11-6-13-31(32(26)30)35(37)40/h2-6,8-21H,7,22-23H2,1H3. The zero-order chi connectivity index (χ0) is 28.3. The van der Waals surface area contributed by atoms with Crippen molar-refractivity contribution in [3.05, 3.63) is 132 Å². The van der Waals surface area contributed by atoms with Crippen molar-refractivity contribution in [1.82, 2.24) is 4.90 Å². The second kappa shape index (κ2) is 11.1. The topological polar surface area (TPSA) is 66.9 Å². The Bertz CT molecular complexity index is 1700. The number of benzene rings is 5. The van der Waals surface area contributed by atoms with Crippen LogP contribution in [0.25, 0.3) is 21.9 Å². The lowest BCUT2D eigenvalue weighted by Crippen LogP contribution is -2.42. The second-order valence-electron chi connectivity index (χ2n) is 9.92. The van der Waals surface area contributed by atoms with E-state index in [0.717, 1.165) is 16.5 Å². The predicted molar refractivity (Wildman–Crippen MR) is 160 cm³/mol. The maximum atomic E-state index is 13.8. The first-order chi connectivity index (χ1) is 20.0. The molecular formula is C35H28N2O4. The first-order valence-electron chi connectivity index (χ1n) is 13.5. The minimum atomic E-state index is -0.307. The Morgan fingerprint density at radius 3 is 1.93 bits per heavy atom. The number of carbonyl (C=O) groups excluding carboxylic acids is 3. The number of hydrogen-bond acceptors (Lipinski definition) is 4. The fourth-order valence-electron chi connectivity index (χ4n) is 5.37. The fraction of sp³-hybridized carbons (Fsp3) is 0.114. The van der Waals surface area contributed by atoms with Gasteiger partial charge in [0.2, 0.25) is 0 Å². The molecule has 0 saturated heterocycles. The number of methoxy groups -OCH3 is 1. The molecule has 1 aliphatic rings. The van der Waals surface area contributed by atoms with Crippen LogP contribution in [0.3, 0.4) is 0 Å². The second-order valence-corrected chi connectivity index (χ2v) is 9.92. The Kier molecular flexibility index (Phi) is 7.04. The molecular weight excluding hydrogens is 512 g/mol. The molecule has 202 valence electrons. The maximum Gasteiger partial charge on any atom is 0.261 e. The fourth-order valence-corrected chi connectivity index (χ4v) is 5.37. The molecule has 0 bridgehead atoms. The Balaban J connectivity index is 1.23. The van der Waals surface area contributed by atoms with Gasteiger partial charge in [0.05, 0.1) is 7.11 Å². The van der Waals surface area contributed by atoms with E-state index in [9.17, 15) is 14.4 Å². The van der Waals surface area contributed by atoms with Crippen LogP contribution in [0.2, 0.25) is 0 Å². The SMILES string of the molecule is COc1ccc(N(CCCN2C(=O)c3cccc4cccc(c34)C2=O)C(=O)c2ccc(-c3ccccc3)cc2)cc1. The summed E-state index contributed by atoms with van der Waals surface area (Å²) in [5.74, 6) is -0.0943. The maximum absolute atomic E-state index is 13.8. The number of rotatable bonds is 8. The summed E-state index contributed by atoms with van der Waals surface area (Å²) in [6.45, 7) is 0.504. The molecule has 1 aliphatic heterocycles. The summed E-state index contributed by atoms with van der Waals surface area (Å²) in [4.78, 5) is 43.5. The molecule has 6 nitrogen and oxygen atoms in total. The summed E-state index contributed by atoms with van der Waals surface area (Å²) in [7, 11) is 1.59. The Labute approximate surface area is 238 Å². The highest BCUT2D eigenvalue weighted by Gasteiger charge is 2.32. The normalized spacial score (nSPS) is 12.5. The monoisotopic (exact) mass is 540 g/mol. The van der Waals surface area contributed by atoms with Gasteiger partial charge in [-0.3, -0.25) is 19.3 Å². The van der Waals surface area contributed by atoms with Crippen LogP contribution in [0.5, 0.6) is 5.75 Å². The van der Waals surface area contributed by atoms with E-state index in [-0.39, 0.29) is 24.3 Å². The molecule has 6 heteroatoms. The van der Waals surface area contributed by atoms with Crippen LogP contribution < -0.4 is 9.64 Å². The smallest absolute Gasteiger partial charge is 0.261 e. The molecule has 1 heterocycles. The van der Waals surface area contributed by atoms with E-state index in [1.54, 1.807) is 24.1 Å². The van der Waals surface area contributed by atoms with E-state index in [0.29, 0.717) is 46.5 Å². The number of imide groups is 1. The zero-order valence-corrected chi connectivity index (χ0v) is 22.6. The van der Waals surface area contributed by atoms with Crippen LogP contribution in [-0.4, -0.2) is 42.8 Å². The van der Waals surface area contributed by atoms with Crippen molar-refractivity contribution in [2.45, 2.75) is 6.42 Å². The van der Waals surface area contributed by atoms with Gasteiger partial charge in [-0.25, -0.2) is 0 Å². The van der Waals surface area contributed by atoms with Crippen molar-refractivity contribution < 1.29 is 19.1 Å². The summed E-state index contributed by atoms with van der Waals surface area (Å²) >= 11 is 0. The van der Waals surface area contributed by atoms with Crippen molar-refractivity contribution in [2.75, 3.05) is 25.1 Å². The number of amides is 3. The summed E-state index contributed by atoms with van der Waals surface area (Å²) in [6, 6.07) is 35.8. The first-order valence-corrected chi connectivity index (χ1v) is 13.5. The highest BCUT2D eigenvalue weighted by atomic mass is 16.5. The van der Waals surface area contributed by atoms with Crippen molar-refractivity contribution in [1.29, 1.82) is 0 Å². The van der Waals surface area contributed by atoms with Gasteiger partial charge in [-0.1, -0.05) is 66.7 Å². The van der Waals surface area contributed by atoms with Gasteiger partial charge >= 0.3 is 0 Å². The van der Waals surface area contributed by atoms with Gasteiger partial charge in [-0.05, 0) is 71.5 Å². The van der Waals surface area contributed by atoms with Crippen molar-refractivity contribution in [2.24, 2.45) is 0 Å². The number of ether oxygens (including phenoxy) is 1. The molecule has 5 aromatic carbocycles. The van der Waals surface area contributed by atoms with Crippen LogP contribution in [-0.2, 0) is 0 Å². The van der Waals surface area contributed by atoms with Gasteiger partial charge in [-0.15, -0.1) is 0 Å². The minimum Gasteiger partial charge on any atom is -0.497 e. The van der Waals surface area contributed by atoms with Crippen molar-refractivity contribution >= 4 is 34.2 Å². The molecule has 0 saturated carbocycles. The molecule has 0 N–H and O–H groups in total. The Morgan fingerprint density at radius 2 is 1.32 bits per heavy atom. The summed E-state index contributed by atoms with van der Waals surface area (Å²) in [5.41, 5.74) is 4.40. The van der Waals surface area contributed by atoms with E-state index in [4.69, 9.17) is 4.74 Å². The number of carbonyl (C=O) groups is 3.